The van der Waals surface area contributed by atoms with Crippen LogP contribution in [0.1, 0.15) is 39.2 Å². The van der Waals surface area contributed by atoms with Crippen molar-refractivity contribution in [1.82, 2.24) is 4.90 Å². The highest BCUT2D eigenvalue weighted by Crippen LogP contribution is 2.26. The molecule has 25 heavy (non-hydrogen) atoms. The van der Waals surface area contributed by atoms with Gasteiger partial charge < -0.3 is 9.64 Å². The topological polar surface area (TPSA) is 12.5 Å². The van der Waals surface area contributed by atoms with E-state index in [4.69, 9.17) is 34.4 Å². The van der Waals surface area contributed by atoms with Gasteiger partial charge in [0.2, 0.25) is 0 Å². The Morgan fingerprint density at radius 2 is 1.96 bits per heavy atom. The fourth-order valence-corrected chi connectivity index (χ4v) is 2.98. The van der Waals surface area contributed by atoms with Gasteiger partial charge in [-0.3, -0.25) is 0 Å². The van der Waals surface area contributed by atoms with Gasteiger partial charge in [-0.1, -0.05) is 79.4 Å². The number of ether oxygens (including phenoxy) is 1. The highest BCUT2D eigenvalue weighted by molar-refractivity contribution is 6.36. The molecule has 0 spiro atoms. The zero-order chi connectivity index (χ0) is 18.7. The Morgan fingerprint density at radius 1 is 1.28 bits per heavy atom. The van der Waals surface area contributed by atoms with Gasteiger partial charge in [-0.15, -0.1) is 6.42 Å². The van der Waals surface area contributed by atoms with E-state index >= 15 is 0 Å². The summed E-state index contributed by atoms with van der Waals surface area (Å²) in [6, 6.07) is 10.2. The number of hydrogen-bond donors (Lipinski definition) is 0. The molecule has 1 rings (SSSR count). The average molecular weight is 380 g/mol. The summed E-state index contributed by atoms with van der Waals surface area (Å²) in [6.07, 6.45) is 9.23. The molecular weight excluding hydrogens is 353 g/mol. The predicted octanol–water partition coefficient (Wildman–Crippen LogP) is 5.92. The van der Waals surface area contributed by atoms with Crippen molar-refractivity contribution in [2.24, 2.45) is 0 Å². The Kier molecular flexibility index (Phi) is 10.4. The fourth-order valence-electron chi connectivity index (χ4n) is 2.50. The summed E-state index contributed by atoms with van der Waals surface area (Å²) in [4.78, 5) is 2.13. The van der Waals surface area contributed by atoms with Crippen LogP contribution in [-0.4, -0.2) is 24.1 Å². The van der Waals surface area contributed by atoms with Gasteiger partial charge in [0.15, 0.2) is 0 Å². The molecule has 0 aromatic heterocycles. The van der Waals surface area contributed by atoms with E-state index in [1.165, 1.54) is 0 Å². The highest BCUT2D eigenvalue weighted by Gasteiger charge is 2.20. The highest BCUT2D eigenvalue weighted by atomic mass is 35.5. The molecule has 1 aromatic rings. The zero-order valence-electron chi connectivity index (χ0n) is 15.3. The number of rotatable bonds is 10. The Hall–Kier alpha value is -1.40. The second-order valence-corrected chi connectivity index (χ2v) is 6.50. The van der Waals surface area contributed by atoms with E-state index in [9.17, 15) is 0 Å². The largest absolute Gasteiger partial charge is 0.372 e. The van der Waals surface area contributed by atoms with E-state index < -0.39 is 0 Å². The molecule has 0 aliphatic rings. The lowest BCUT2D eigenvalue weighted by Crippen LogP contribution is -2.34. The minimum Gasteiger partial charge on any atom is -0.372 e. The first kappa shape index (κ1) is 21.6. The molecule has 0 N–H and O–H groups in total. The van der Waals surface area contributed by atoms with Crippen molar-refractivity contribution in [2.45, 2.75) is 46.3 Å². The van der Waals surface area contributed by atoms with Crippen LogP contribution in [-0.2, 0) is 11.3 Å². The summed E-state index contributed by atoms with van der Waals surface area (Å²) in [5.74, 6) is 2.51. The van der Waals surface area contributed by atoms with Crippen LogP contribution in [0, 0.1) is 12.3 Å². The molecule has 136 valence electrons. The molecular formula is C21H27Cl2NO. The molecule has 0 radical (unpaired) electrons. The van der Waals surface area contributed by atoms with Crippen LogP contribution < -0.4 is 0 Å². The lowest BCUT2D eigenvalue weighted by atomic mass is 10.2. The van der Waals surface area contributed by atoms with Gasteiger partial charge >= 0.3 is 0 Å². The first-order valence-corrected chi connectivity index (χ1v) is 9.41. The van der Waals surface area contributed by atoms with Gasteiger partial charge in [0, 0.05) is 13.1 Å². The lowest BCUT2D eigenvalue weighted by Gasteiger charge is -2.31. The number of benzene rings is 1. The third-order valence-electron chi connectivity index (χ3n) is 3.83. The minimum atomic E-state index is 0.0605. The minimum absolute atomic E-state index is 0.0605. The monoisotopic (exact) mass is 379 g/mol. The number of allylic oxidation sites excluding steroid dienone is 3. The van der Waals surface area contributed by atoms with E-state index in [0.29, 0.717) is 28.9 Å². The number of nitrogens with zero attached hydrogens (tertiary/aromatic N) is 1. The number of hydrogen-bond acceptors (Lipinski definition) is 2. The Morgan fingerprint density at radius 3 is 2.48 bits per heavy atom. The van der Waals surface area contributed by atoms with Crippen molar-refractivity contribution in [2.75, 3.05) is 13.1 Å². The van der Waals surface area contributed by atoms with Crippen molar-refractivity contribution >= 4 is 23.2 Å². The van der Waals surface area contributed by atoms with Crippen molar-refractivity contribution < 1.29 is 4.74 Å². The van der Waals surface area contributed by atoms with Gasteiger partial charge in [0.25, 0.3) is 0 Å². The maximum atomic E-state index is 6.38. The summed E-state index contributed by atoms with van der Waals surface area (Å²) >= 11 is 12.6. The van der Waals surface area contributed by atoms with Crippen molar-refractivity contribution in [3.05, 3.63) is 57.7 Å². The van der Waals surface area contributed by atoms with Gasteiger partial charge in [-0.05, 0) is 25.3 Å². The third-order valence-corrected chi connectivity index (χ3v) is 4.52. The second-order valence-electron chi connectivity index (χ2n) is 5.72. The predicted molar refractivity (Wildman–Crippen MR) is 108 cm³/mol. The zero-order valence-corrected chi connectivity index (χ0v) is 16.8. The Balaban J connectivity index is 2.91. The molecule has 0 bridgehead atoms. The maximum absolute atomic E-state index is 6.38. The standard InChI is InChI=1S/C21H27Cl2NO/c1-5-14-24(21(19(22)7-3)20(23)8-4)15-18(6-2)25-16-17-12-10-9-11-13-17/h3,8-13,18H,5-6,14-16H2,1-2,4H3/b20-8+,21-19-. The van der Waals surface area contributed by atoms with E-state index in [2.05, 4.69) is 36.8 Å². The summed E-state index contributed by atoms with van der Waals surface area (Å²) in [7, 11) is 0. The molecule has 0 heterocycles. The smallest absolute Gasteiger partial charge is 0.115 e. The molecule has 1 atom stereocenters. The van der Waals surface area contributed by atoms with Gasteiger partial charge in [-0.2, -0.15) is 0 Å². The number of halogens is 2. The van der Waals surface area contributed by atoms with Crippen LogP contribution in [0.2, 0.25) is 0 Å². The van der Waals surface area contributed by atoms with E-state index in [1.54, 1.807) is 0 Å². The molecule has 0 aliphatic carbocycles. The summed E-state index contributed by atoms with van der Waals surface area (Å²) in [5.41, 5.74) is 1.86. The quantitative estimate of drug-likeness (QED) is 0.369. The van der Waals surface area contributed by atoms with Gasteiger partial charge in [0.05, 0.1) is 23.4 Å². The molecule has 0 aliphatic heterocycles. The van der Waals surface area contributed by atoms with Gasteiger partial charge in [-0.25, -0.2) is 0 Å². The van der Waals surface area contributed by atoms with Crippen molar-refractivity contribution in [3.8, 4) is 12.3 Å². The van der Waals surface area contributed by atoms with Crippen molar-refractivity contribution in [3.63, 3.8) is 0 Å². The second kappa shape index (κ2) is 12.0. The fraction of sp³-hybridized carbons (Fsp3) is 0.429. The van der Waals surface area contributed by atoms with Crippen LogP contribution in [0.5, 0.6) is 0 Å². The summed E-state index contributed by atoms with van der Waals surface area (Å²) < 4.78 is 6.11. The summed E-state index contributed by atoms with van der Waals surface area (Å²) in [5, 5.41) is 0.892. The van der Waals surface area contributed by atoms with Gasteiger partial charge in [0.1, 0.15) is 5.03 Å². The molecule has 0 saturated carbocycles. The SMILES string of the molecule is C#C/C(Cl)=C(\C(Cl)=C/C)N(CCC)CC(CC)OCc1ccccc1. The molecule has 2 nitrogen and oxygen atoms in total. The first-order chi connectivity index (χ1) is 12.1. The van der Waals surface area contributed by atoms with Crippen LogP contribution in [0.3, 0.4) is 0 Å². The Bertz CT molecular complexity index is 617. The normalized spacial score (nSPS) is 13.8. The summed E-state index contributed by atoms with van der Waals surface area (Å²) in [6.45, 7) is 8.18. The lowest BCUT2D eigenvalue weighted by molar-refractivity contribution is 0.0198. The molecule has 1 aromatic carbocycles. The number of terminal acetylenes is 1. The van der Waals surface area contributed by atoms with Crippen LogP contribution in [0.25, 0.3) is 0 Å². The third kappa shape index (κ3) is 7.16. The van der Waals surface area contributed by atoms with Crippen LogP contribution >= 0.6 is 23.2 Å². The molecule has 1 unspecified atom stereocenters. The van der Waals surface area contributed by atoms with Crippen LogP contribution in [0.15, 0.2) is 52.2 Å². The van der Waals surface area contributed by atoms with E-state index in [1.807, 2.05) is 31.2 Å². The average Bonchev–Trinajstić information content (AvgIpc) is 2.65. The van der Waals surface area contributed by atoms with Crippen molar-refractivity contribution in [1.29, 1.82) is 0 Å². The molecule has 0 amide bonds. The first-order valence-electron chi connectivity index (χ1n) is 8.66. The molecule has 4 heteroatoms. The molecule has 0 saturated heterocycles. The molecule has 0 fully saturated rings. The van der Waals surface area contributed by atoms with E-state index in [-0.39, 0.29) is 6.10 Å². The maximum Gasteiger partial charge on any atom is 0.115 e. The van der Waals surface area contributed by atoms with Crippen LogP contribution in [0.4, 0.5) is 0 Å². The van der Waals surface area contributed by atoms with E-state index in [0.717, 1.165) is 24.9 Å². The Labute approximate surface area is 162 Å².